The second-order valence-electron chi connectivity index (χ2n) is 3.96. The fourth-order valence-corrected chi connectivity index (χ4v) is 2.42. The van der Waals surface area contributed by atoms with Crippen molar-refractivity contribution in [1.29, 1.82) is 0 Å². The van der Waals surface area contributed by atoms with Gasteiger partial charge in [0.2, 0.25) is 0 Å². The van der Waals surface area contributed by atoms with Crippen LogP contribution < -0.4 is 5.32 Å². The number of halogens is 1. The predicted octanol–water partition coefficient (Wildman–Crippen LogP) is 4.04. The second-order valence-corrected chi connectivity index (χ2v) is 5.26. The number of aromatic nitrogens is 1. The summed E-state index contributed by atoms with van der Waals surface area (Å²) in [4.78, 5) is 4.55. The summed E-state index contributed by atoms with van der Waals surface area (Å²) < 4.78 is 0. The predicted molar refractivity (Wildman–Crippen MR) is 69.2 cm³/mol. The van der Waals surface area contributed by atoms with Crippen molar-refractivity contribution in [2.24, 2.45) is 0 Å². The molecule has 0 bridgehead atoms. The Bertz CT molecular complexity index is 488. The number of nitrogens with one attached hydrogen (secondary N) is 1. The first-order valence-electron chi connectivity index (χ1n) is 5.29. The summed E-state index contributed by atoms with van der Waals surface area (Å²) in [5.74, 6) is 0. The maximum Gasteiger partial charge on any atom is 0.183 e. The molecule has 1 aromatic heterocycles. The Morgan fingerprint density at radius 3 is 2.69 bits per heavy atom. The van der Waals surface area contributed by atoms with E-state index >= 15 is 0 Å². The van der Waals surface area contributed by atoms with E-state index in [1.54, 1.807) is 11.3 Å². The highest BCUT2D eigenvalue weighted by atomic mass is 35.5. The van der Waals surface area contributed by atoms with Gasteiger partial charge in [0.25, 0.3) is 0 Å². The van der Waals surface area contributed by atoms with Gasteiger partial charge < -0.3 is 5.32 Å². The van der Waals surface area contributed by atoms with E-state index in [1.165, 1.54) is 12.8 Å². The van der Waals surface area contributed by atoms with Gasteiger partial charge in [0.15, 0.2) is 5.13 Å². The van der Waals surface area contributed by atoms with E-state index in [9.17, 15) is 0 Å². The molecule has 2 aromatic rings. The van der Waals surface area contributed by atoms with Crippen molar-refractivity contribution in [3.63, 3.8) is 0 Å². The number of thiazole rings is 1. The van der Waals surface area contributed by atoms with Crippen LogP contribution in [0, 0.1) is 0 Å². The number of hydrogen-bond acceptors (Lipinski definition) is 3. The molecule has 1 heterocycles. The average Bonchev–Trinajstić information content (AvgIpc) is 2.97. The molecule has 1 aliphatic carbocycles. The molecular weight excluding hydrogens is 240 g/mol. The lowest BCUT2D eigenvalue weighted by Crippen LogP contribution is -1.99. The van der Waals surface area contributed by atoms with Crippen molar-refractivity contribution in [3.05, 3.63) is 34.7 Å². The van der Waals surface area contributed by atoms with Crippen molar-refractivity contribution >= 4 is 28.1 Å². The molecule has 0 unspecified atom stereocenters. The smallest absolute Gasteiger partial charge is 0.183 e. The first-order valence-corrected chi connectivity index (χ1v) is 6.55. The van der Waals surface area contributed by atoms with Gasteiger partial charge in [-0.15, -0.1) is 11.3 Å². The van der Waals surface area contributed by atoms with Crippen molar-refractivity contribution < 1.29 is 0 Å². The molecule has 82 valence electrons. The van der Waals surface area contributed by atoms with Gasteiger partial charge in [0, 0.05) is 22.0 Å². The van der Waals surface area contributed by atoms with Crippen LogP contribution in [-0.4, -0.2) is 11.0 Å². The van der Waals surface area contributed by atoms with Gasteiger partial charge in [-0.3, -0.25) is 0 Å². The lowest BCUT2D eigenvalue weighted by Gasteiger charge is -1.98. The second kappa shape index (κ2) is 4.07. The molecule has 4 heteroatoms. The minimum atomic E-state index is 0.657. The lowest BCUT2D eigenvalue weighted by molar-refractivity contribution is 1.14. The highest BCUT2D eigenvalue weighted by Crippen LogP contribution is 2.30. The molecule has 0 amide bonds. The number of nitrogens with zero attached hydrogens (tertiary/aromatic N) is 1. The van der Waals surface area contributed by atoms with Gasteiger partial charge in [-0.25, -0.2) is 4.98 Å². The van der Waals surface area contributed by atoms with Gasteiger partial charge in [-0.1, -0.05) is 23.7 Å². The number of anilines is 1. The molecule has 0 radical (unpaired) electrons. The first-order chi connectivity index (χ1) is 7.81. The van der Waals surface area contributed by atoms with Crippen LogP contribution in [0.1, 0.15) is 12.8 Å². The van der Waals surface area contributed by atoms with Crippen molar-refractivity contribution in [2.45, 2.75) is 18.9 Å². The quantitative estimate of drug-likeness (QED) is 0.889. The Labute approximate surface area is 103 Å². The molecular formula is C12H11ClN2S. The largest absolute Gasteiger partial charge is 0.359 e. The van der Waals surface area contributed by atoms with Crippen molar-refractivity contribution in [1.82, 2.24) is 4.98 Å². The SMILES string of the molecule is Clc1ccc(-c2csc(NC3CC3)n2)cc1. The van der Waals surface area contributed by atoms with E-state index < -0.39 is 0 Å². The topological polar surface area (TPSA) is 24.9 Å². The summed E-state index contributed by atoms with van der Waals surface area (Å²) in [6.07, 6.45) is 2.55. The Morgan fingerprint density at radius 2 is 2.00 bits per heavy atom. The molecule has 0 spiro atoms. The van der Waals surface area contributed by atoms with Gasteiger partial charge >= 0.3 is 0 Å². The third kappa shape index (κ3) is 2.20. The van der Waals surface area contributed by atoms with Crippen LogP contribution in [-0.2, 0) is 0 Å². The summed E-state index contributed by atoms with van der Waals surface area (Å²) in [6.45, 7) is 0. The Balaban J connectivity index is 1.82. The fourth-order valence-electron chi connectivity index (χ4n) is 1.50. The number of hydrogen-bond donors (Lipinski definition) is 1. The van der Waals surface area contributed by atoms with Gasteiger partial charge in [-0.05, 0) is 25.0 Å². The molecule has 0 aliphatic heterocycles. The molecule has 1 aliphatic rings. The zero-order chi connectivity index (χ0) is 11.0. The van der Waals surface area contributed by atoms with Crippen LogP contribution in [0.25, 0.3) is 11.3 Å². The normalized spacial score (nSPS) is 15.1. The monoisotopic (exact) mass is 250 g/mol. The fraction of sp³-hybridized carbons (Fsp3) is 0.250. The zero-order valence-corrected chi connectivity index (χ0v) is 10.2. The van der Waals surface area contributed by atoms with E-state index in [0.29, 0.717) is 6.04 Å². The van der Waals surface area contributed by atoms with Crippen LogP contribution in [0.2, 0.25) is 5.02 Å². The summed E-state index contributed by atoms with van der Waals surface area (Å²) in [5, 5.41) is 7.26. The summed E-state index contributed by atoms with van der Waals surface area (Å²) in [6, 6.07) is 8.44. The third-order valence-corrected chi connectivity index (χ3v) is 3.57. The molecule has 0 atom stereocenters. The van der Waals surface area contributed by atoms with Gasteiger partial charge in [0.1, 0.15) is 0 Å². The van der Waals surface area contributed by atoms with Crippen LogP contribution in [0.5, 0.6) is 0 Å². The number of rotatable bonds is 3. The third-order valence-electron chi connectivity index (χ3n) is 2.55. The molecule has 3 rings (SSSR count). The Kier molecular flexibility index (Phi) is 2.58. The average molecular weight is 251 g/mol. The molecule has 1 aromatic carbocycles. The van der Waals surface area contributed by atoms with Gasteiger partial charge in [0.05, 0.1) is 5.69 Å². The van der Waals surface area contributed by atoms with Crippen molar-refractivity contribution in [3.8, 4) is 11.3 Å². The van der Waals surface area contributed by atoms with Crippen LogP contribution >= 0.6 is 22.9 Å². The minimum absolute atomic E-state index is 0.657. The molecule has 0 saturated heterocycles. The van der Waals surface area contributed by atoms with E-state index in [-0.39, 0.29) is 0 Å². The summed E-state index contributed by atoms with van der Waals surface area (Å²) in [5.41, 5.74) is 2.13. The van der Waals surface area contributed by atoms with Crippen molar-refractivity contribution in [2.75, 3.05) is 5.32 Å². The highest BCUT2D eigenvalue weighted by molar-refractivity contribution is 7.14. The Hall–Kier alpha value is -1.06. The lowest BCUT2D eigenvalue weighted by atomic mass is 10.2. The summed E-state index contributed by atoms with van der Waals surface area (Å²) >= 11 is 7.51. The molecule has 1 fully saturated rings. The van der Waals surface area contributed by atoms with Crippen LogP contribution in [0.3, 0.4) is 0 Å². The summed E-state index contributed by atoms with van der Waals surface area (Å²) in [7, 11) is 0. The van der Waals surface area contributed by atoms with E-state index in [4.69, 9.17) is 11.6 Å². The zero-order valence-electron chi connectivity index (χ0n) is 8.61. The molecule has 1 saturated carbocycles. The van der Waals surface area contributed by atoms with Crippen LogP contribution in [0.4, 0.5) is 5.13 Å². The first kappa shape index (κ1) is 10.1. The molecule has 1 N–H and O–H groups in total. The highest BCUT2D eigenvalue weighted by Gasteiger charge is 2.21. The Morgan fingerprint density at radius 1 is 1.25 bits per heavy atom. The molecule has 16 heavy (non-hydrogen) atoms. The number of benzene rings is 1. The van der Waals surface area contributed by atoms with Crippen LogP contribution in [0.15, 0.2) is 29.6 Å². The maximum absolute atomic E-state index is 5.85. The maximum atomic E-state index is 5.85. The standard InChI is InChI=1S/C12H11ClN2S/c13-9-3-1-8(2-4-9)11-7-16-12(15-11)14-10-5-6-10/h1-4,7,10H,5-6H2,(H,14,15). The van der Waals surface area contributed by atoms with Gasteiger partial charge in [-0.2, -0.15) is 0 Å². The van der Waals surface area contributed by atoms with E-state index in [1.807, 2.05) is 24.3 Å². The molecule has 2 nitrogen and oxygen atoms in total. The minimum Gasteiger partial charge on any atom is -0.359 e. The van der Waals surface area contributed by atoms with E-state index in [2.05, 4.69) is 15.7 Å². The van der Waals surface area contributed by atoms with E-state index in [0.717, 1.165) is 21.4 Å².